The highest BCUT2D eigenvalue weighted by atomic mass is 79.9. The molecule has 1 N–H and O–H groups in total. The molecule has 20 heavy (non-hydrogen) atoms. The molecule has 0 atom stereocenters. The van der Waals surface area contributed by atoms with Crippen molar-refractivity contribution in [2.24, 2.45) is 0 Å². The summed E-state index contributed by atoms with van der Waals surface area (Å²) in [4.78, 5) is 16.0. The first-order valence-electron chi connectivity index (χ1n) is 5.72. The fourth-order valence-electron chi connectivity index (χ4n) is 1.41. The molecule has 1 aromatic carbocycles. The summed E-state index contributed by atoms with van der Waals surface area (Å²) in [5, 5.41) is 12.3. The lowest BCUT2D eigenvalue weighted by atomic mass is 10.2. The normalized spacial score (nSPS) is 9.80. The van der Waals surface area contributed by atoms with Crippen molar-refractivity contribution in [2.45, 2.75) is 5.03 Å². The molecule has 0 unspecified atom stereocenters. The van der Waals surface area contributed by atoms with E-state index >= 15 is 0 Å². The van der Waals surface area contributed by atoms with Crippen LogP contribution in [0.5, 0.6) is 0 Å². The Hall–Kier alpha value is -1.84. The zero-order valence-corrected chi connectivity index (χ0v) is 12.7. The summed E-state index contributed by atoms with van der Waals surface area (Å²) in [7, 11) is 0. The molecule has 100 valence electrons. The molecule has 0 aliphatic rings. The first-order chi connectivity index (χ1) is 9.67. The maximum Gasteiger partial charge on any atom is 0.234 e. The van der Waals surface area contributed by atoms with Gasteiger partial charge in [0.05, 0.1) is 22.4 Å². The maximum absolute atomic E-state index is 11.8. The highest BCUT2D eigenvalue weighted by Crippen LogP contribution is 2.18. The molecule has 2 aromatic rings. The number of carbonyl (C=O) groups is 1. The number of thioether (sulfide) groups is 1. The van der Waals surface area contributed by atoms with Crippen LogP contribution in [0.3, 0.4) is 0 Å². The standard InChI is InChI=1S/C14H10BrN3OS/c15-11-3-6-14(17-8-11)20-9-13(19)18-12-4-1-10(7-16)2-5-12/h1-6,8H,9H2,(H,18,19). The van der Waals surface area contributed by atoms with Crippen LogP contribution >= 0.6 is 27.7 Å². The Bertz CT molecular complexity index is 635. The van der Waals surface area contributed by atoms with Crippen LogP contribution in [-0.4, -0.2) is 16.6 Å². The monoisotopic (exact) mass is 347 g/mol. The number of rotatable bonds is 4. The molecule has 1 heterocycles. The van der Waals surface area contributed by atoms with Crippen molar-refractivity contribution in [2.75, 3.05) is 11.1 Å². The van der Waals surface area contributed by atoms with E-state index in [0.717, 1.165) is 9.50 Å². The van der Waals surface area contributed by atoms with Gasteiger partial charge in [-0.3, -0.25) is 4.79 Å². The Morgan fingerprint density at radius 3 is 2.65 bits per heavy atom. The van der Waals surface area contributed by atoms with Crippen molar-refractivity contribution < 1.29 is 4.79 Å². The van der Waals surface area contributed by atoms with Gasteiger partial charge in [-0.1, -0.05) is 11.8 Å². The average molecular weight is 348 g/mol. The third-order valence-corrected chi connectivity index (χ3v) is 3.76. The van der Waals surface area contributed by atoms with E-state index in [1.54, 1.807) is 30.5 Å². The minimum absolute atomic E-state index is 0.107. The second-order valence-electron chi connectivity index (χ2n) is 3.84. The summed E-state index contributed by atoms with van der Waals surface area (Å²) in [6.07, 6.45) is 1.70. The molecule has 0 spiro atoms. The number of hydrogen-bond acceptors (Lipinski definition) is 4. The van der Waals surface area contributed by atoms with E-state index < -0.39 is 0 Å². The Balaban J connectivity index is 1.86. The summed E-state index contributed by atoms with van der Waals surface area (Å²) in [5.74, 6) is 0.179. The number of nitriles is 1. The minimum atomic E-state index is -0.107. The Kier molecular flexibility index (Phi) is 5.16. The number of benzene rings is 1. The first kappa shape index (κ1) is 14.6. The highest BCUT2D eigenvalue weighted by Gasteiger charge is 2.04. The van der Waals surface area contributed by atoms with Gasteiger partial charge >= 0.3 is 0 Å². The lowest BCUT2D eigenvalue weighted by Gasteiger charge is -2.04. The molecule has 0 bridgehead atoms. The summed E-state index contributed by atoms with van der Waals surface area (Å²) in [5.41, 5.74) is 1.25. The van der Waals surface area contributed by atoms with Crippen LogP contribution in [0, 0.1) is 11.3 Å². The zero-order valence-electron chi connectivity index (χ0n) is 10.3. The largest absolute Gasteiger partial charge is 0.325 e. The molecule has 0 fully saturated rings. The van der Waals surface area contributed by atoms with Crippen LogP contribution < -0.4 is 5.32 Å². The van der Waals surface area contributed by atoms with Gasteiger partial charge in [0.2, 0.25) is 5.91 Å². The van der Waals surface area contributed by atoms with Gasteiger partial charge in [0.25, 0.3) is 0 Å². The number of anilines is 1. The molecule has 1 amide bonds. The van der Waals surface area contributed by atoms with Gasteiger partial charge in [-0.05, 0) is 52.3 Å². The van der Waals surface area contributed by atoms with Crippen molar-refractivity contribution in [3.05, 3.63) is 52.6 Å². The van der Waals surface area contributed by atoms with E-state index in [1.807, 2.05) is 18.2 Å². The van der Waals surface area contributed by atoms with Crippen molar-refractivity contribution in [3.63, 3.8) is 0 Å². The molecule has 4 nitrogen and oxygen atoms in total. The topological polar surface area (TPSA) is 65.8 Å². The third-order valence-electron chi connectivity index (χ3n) is 2.35. The van der Waals surface area contributed by atoms with Crippen LogP contribution in [0.1, 0.15) is 5.56 Å². The van der Waals surface area contributed by atoms with Gasteiger partial charge < -0.3 is 5.32 Å². The lowest BCUT2D eigenvalue weighted by Crippen LogP contribution is -2.14. The molecular weight excluding hydrogens is 338 g/mol. The maximum atomic E-state index is 11.8. The summed E-state index contributed by atoms with van der Waals surface area (Å²) in [6.45, 7) is 0. The van der Waals surface area contributed by atoms with E-state index in [1.165, 1.54) is 11.8 Å². The summed E-state index contributed by atoms with van der Waals surface area (Å²) in [6, 6.07) is 12.5. The SMILES string of the molecule is N#Cc1ccc(NC(=O)CSc2ccc(Br)cn2)cc1. The van der Waals surface area contributed by atoms with Gasteiger partial charge in [0.15, 0.2) is 0 Å². The van der Waals surface area contributed by atoms with E-state index in [-0.39, 0.29) is 11.7 Å². The lowest BCUT2D eigenvalue weighted by molar-refractivity contribution is -0.113. The number of hydrogen-bond donors (Lipinski definition) is 1. The highest BCUT2D eigenvalue weighted by molar-refractivity contribution is 9.10. The Labute approximate surface area is 129 Å². The first-order valence-corrected chi connectivity index (χ1v) is 7.49. The van der Waals surface area contributed by atoms with Crippen LogP contribution in [-0.2, 0) is 4.79 Å². The van der Waals surface area contributed by atoms with Crippen molar-refractivity contribution in [1.82, 2.24) is 4.98 Å². The number of carbonyl (C=O) groups excluding carboxylic acids is 1. The molecule has 0 aliphatic carbocycles. The average Bonchev–Trinajstić information content (AvgIpc) is 2.47. The third kappa shape index (κ3) is 4.37. The Morgan fingerprint density at radius 1 is 1.30 bits per heavy atom. The quantitative estimate of drug-likeness (QED) is 0.860. The molecule has 6 heteroatoms. The molecule has 0 radical (unpaired) electrons. The van der Waals surface area contributed by atoms with Gasteiger partial charge in [0.1, 0.15) is 0 Å². The van der Waals surface area contributed by atoms with E-state index in [2.05, 4.69) is 26.2 Å². The predicted octanol–water partition coefficient (Wildman–Crippen LogP) is 3.45. The number of nitrogens with zero attached hydrogens (tertiary/aromatic N) is 2. The van der Waals surface area contributed by atoms with E-state index in [0.29, 0.717) is 11.3 Å². The fraction of sp³-hybridized carbons (Fsp3) is 0.0714. The van der Waals surface area contributed by atoms with Gasteiger partial charge in [-0.15, -0.1) is 0 Å². The van der Waals surface area contributed by atoms with Crippen LogP contribution in [0.15, 0.2) is 52.1 Å². The summed E-state index contributed by atoms with van der Waals surface area (Å²) < 4.78 is 0.906. The van der Waals surface area contributed by atoms with Crippen molar-refractivity contribution in [1.29, 1.82) is 5.26 Å². The zero-order chi connectivity index (χ0) is 14.4. The molecule has 1 aromatic heterocycles. The number of aromatic nitrogens is 1. The number of pyridine rings is 1. The smallest absolute Gasteiger partial charge is 0.234 e. The second-order valence-corrected chi connectivity index (χ2v) is 5.75. The molecular formula is C14H10BrN3OS. The molecule has 0 saturated carbocycles. The van der Waals surface area contributed by atoms with Crippen molar-refractivity contribution in [3.8, 4) is 6.07 Å². The van der Waals surface area contributed by atoms with Gasteiger partial charge in [-0.25, -0.2) is 4.98 Å². The molecule has 0 saturated heterocycles. The molecule has 2 rings (SSSR count). The van der Waals surface area contributed by atoms with Crippen molar-refractivity contribution >= 4 is 39.3 Å². The molecule has 0 aliphatic heterocycles. The minimum Gasteiger partial charge on any atom is -0.325 e. The van der Waals surface area contributed by atoms with Crippen LogP contribution in [0.25, 0.3) is 0 Å². The van der Waals surface area contributed by atoms with Gasteiger partial charge in [0, 0.05) is 16.4 Å². The Morgan fingerprint density at radius 2 is 2.05 bits per heavy atom. The van der Waals surface area contributed by atoms with E-state index in [4.69, 9.17) is 5.26 Å². The number of amides is 1. The van der Waals surface area contributed by atoms with Crippen LogP contribution in [0.4, 0.5) is 5.69 Å². The number of halogens is 1. The van der Waals surface area contributed by atoms with Gasteiger partial charge in [-0.2, -0.15) is 5.26 Å². The van der Waals surface area contributed by atoms with E-state index in [9.17, 15) is 4.79 Å². The summed E-state index contributed by atoms with van der Waals surface area (Å²) >= 11 is 4.68. The number of nitrogens with one attached hydrogen (secondary N) is 1. The van der Waals surface area contributed by atoms with Crippen LogP contribution in [0.2, 0.25) is 0 Å². The fourth-order valence-corrected chi connectivity index (χ4v) is 2.29. The second kappa shape index (κ2) is 7.08. The predicted molar refractivity (Wildman–Crippen MR) is 82.4 cm³/mol.